The topological polar surface area (TPSA) is 69.2 Å². The van der Waals surface area contributed by atoms with Gasteiger partial charge in [0.05, 0.1) is 17.2 Å². The lowest BCUT2D eigenvalue weighted by Crippen LogP contribution is -2.27. The van der Waals surface area contributed by atoms with Crippen molar-refractivity contribution in [2.75, 3.05) is 0 Å². The zero-order valence-corrected chi connectivity index (χ0v) is 16.0. The smallest absolute Gasteiger partial charge is 0.269 e. The van der Waals surface area contributed by atoms with E-state index in [9.17, 15) is 9.59 Å². The van der Waals surface area contributed by atoms with E-state index >= 15 is 0 Å². The number of aryl methyl sites for hydroxylation is 1. The predicted molar refractivity (Wildman–Crippen MR) is 111 cm³/mol. The van der Waals surface area contributed by atoms with Gasteiger partial charge in [-0.1, -0.05) is 48.0 Å². The minimum atomic E-state index is -0.396. The van der Waals surface area contributed by atoms with E-state index in [0.717, 1.165) is 5.56 Å². The van der Waals surface area contributed by atoms with Crippen LogP contribution < -0.4 is 11.0 Å². The van der Waals surface area contributed by atoms with Gasteiger partial charge in [0, 0.05) is 12.7 Å². The number of benzene rings is 2. The minimum Gasteiger partial charge on any atom is -0.328 e. The van der Waals surface area contributed by atoms with Crippen molar-refractivity contribution in [3.8, 4) is 0 Å². The SMILES string of the molecule is Cc1ccc(Cn2ccccc2=NC(=O)Cn2c(=O)cnc3ccccc32)cc1. The maximum absolute atomic E-state index is 12.7. The van der Waals surface area contributed by atoms with Gasteiger partial charge in [-0.15, -0.1) is 0 Å². The molecule has 0 N–H and O–H groups in total. The molecule has 0 aliphatic rings. The van der Waals surface area contributed by atoms with Gasteiger partial charge in [-0.25, -0.2) is 4.98 Å². The molecule has 0 aliphatic heterocycles. The largest absolute Gasteiger partial charge is 0.328 e. The summed E-state index contributed by atoms with van der Waals surface area (Å²) in [6.45, 7) is 2.51. The van der Waals surface area contributed by atoms with Gasteiger partial charge < -0.3 is 4.57 Å². The van der Waals surface area contributed by atoms with Crippen molar-refractivity contribution >= 4 is 16.9 Å². The second kappa shape index (κ2) is 8.06. The van der Waals surface area contributed by atoms with E-state index in [1.807, 2.05) is 42.0 Å². The summed E-state index contributed by atoms with van der Waals surface area (Å²) < 4.78 is 3.32. The molecule has 0 aliphatic carbocycles. The Morgan fingerprint density at radius 1 is 1.00 bits per heavy atom. The molecule has 0 radical (unpaired) electrons. The molecule has 0 spiro atoms. The number of fused-ring (bicyclic) bond motifs is 1. The number of hydrogen-bond donors (Lipinski definition) is 0. The number of pyridine rings is 1. The van der Waals surface area contributed by atoms with Crippen LogP contribution in [0.2, 0.25) is 0 Å². The first kappa shape index (κ1) is 18.6. The zero-order chi connectivity index (χ0) is 20.2. The lowest BCUT2D eigenvalue weighted by Gasteiger charge is -2.09. The third kappa shape index (κ3) is 4.21. The fourth-order valence-corrected chi connectivity index (χ4v) is 3.17. The number of para-hydroxylation sites is 2. The summed E-state index contributed by atoms with van der Waals surface area (Å²) in [5.41, 5.74) is 3.81. The van der Waals surface area contributed by atoms with E-state index in [-0.39, 0.29) is 12.1 Å². The number of nitrogens with zero attached hydrogens (tertiary/aromatic N) is 4. The molecule has 0 fully saturated rings. The van der Waals surface area contributed by atoms with Crippen molar-refractivity contribution in [1.29, 1.82) is 0 Å². The molecular weight excluding hydrogens is 364 g/mol. The second-order valence-electron chi connectivity index (χ2n) is 6.85. The van der Waals surface area contributed by atoms with E-state index in [1.165, 1.54) is 16.3 Å². The van der Waals surface area contributed by atoms with Gasteiger partial charge in [0.1, 0.15) is 12.0 Å². The highest BCUT2D eigenvalue weighted by atomic mass is 16.2. The second-order valence-corrected chi connectivity index (χ2v) is 6.85. The summed E-state index contributed by atoms with van der Waals surface area (Å²) in [4.78, 5) is 33.3. The van der Waals surface area contributed by atoms with Gasteiger partial charge in [0.15, 0.2) is 0 Å². The summed E-state index contributed by atoms with van der Waals surface area (Å²) in [6.07, 6.45) is 3.12. The molecule has 2 heterocycles. The lowest BCUT2D eigenvalue weighted by atomic mass is 10.1. The van der Waals surface area contributed by atoms with Crippen molar-refractivity contribution in [1.82, 2.24) is 14.1 Å². The lowest BCUT2D eigenvalue weighted by molar-refractivity contribution is -0.118. The highest BCUT2D eigenvalue weighted by Gasteiger charge is 2.08. The summed E-state index contributed by atoms with van der Waals surface area (Å²) in [6, 6.07) is 21.0. The van der Waals surface area contributed by atoms with Crippen molar-refractivity contribution in [2.24, 2.45) is 4.99 Å². The highest BCUT2D eigenvalue weighted by Crippen LogP contribution is 2.08. The van der Waals surface area contributed by atoms with E-state index in [2.05, 4.69) is 34.2 Å². The standard InChI is InChI=1S/C23H20N4O2/c1-17-9-11-18(12-10-17)15-26-13-5-4-8-21(26)25-22(28)16-27-20-7-3-2-6-19(20)24-14-23(27)29/h2-14H,15-16H2,1H3. The van der Waals surface area contributed by atoms with E-state index in [1.54, 1.807) is 18.2 Å². The van der Waals surface area contributed by atoms with Crippen LogP contribution >= 0.6 is 0 Å². The highest BCUT2D eigenvalue weighted by molar-refractivity contribution is 5.80. The number of carbonyl (C=O) groups excluding carboxylic acids is 1. The van der Waals surface area contributed by atoms with Gasteiger partial charge in [0.2, 0.25) is 0 Å². The molecule has 4 aromatic rings. The van der Waals surface area contributed by atoms with Crippen LogP contribution in [-0.4, -0.2) is 20.0 Å². The van der Waals surface area contributed by atoms with Gasteiger partial charge in [-0.2, -0.15) is 4.99 Å². The Morgan fingerprint density at radius 2 is 1.76 bits per heavy atom. The Labute approximate surface area is 167 Å². The van der Waals surface area contributed by atoms with E-state index < -0.39 is 5.91 Å². The molecule has 0 bridgehead atoms. The summed E-state index contributed by atoms with van der Waals surface area (Å²) >= 11 is 0. The van der Waals surface area contributed by atoms with Gasteiger partial charge in [-0.3, -0.25) is 14.2 Å². The predicted octanol–water partition coefficient (Wildman–Crippen LogP) is 2.68. The van der Waals surface area contributed by atoms with Crippen molar-refractivity contribution in [3.05, 3.63) is 106 Å². The fraction of sp³-hybridized carbons (Fsp3) is 0.130. The monoisotopic (exact) mass is 384 g/mol. The molecule has 0 saturated heterocycles. The average Bonchev–Trinajstić information content (AvgIpc) is 2.73. The molecule has 0 saturated carbocycles. The number of hydrogen-bond acceptors (Lipinski definition) is 3. The number of aromatic nitrogens is 3. The normalized spacial score (nSPS) is 11.7. The molecule has 144 valence electrons. The quantitative estimate of drug-likeness (QED) is 0.543. The molecule has 0 atom stereocenters. The fourth-order valence-electron chi connectivity index (χ4n) is 3.17. The van der Waals surface area contributed by atoms with Crippen molar-refractivity contribution in [3.63, 3.8) is 0 Å². The van der Waals surface area contributed by atoms with Crippen LogP contribution in [0.4, 0.5) is 0 Å². The van der Waals surface area contributed by atoms with Gasteiger partial charge in [0.25, 0.3) is 11.5 Å². The minimum absolute atomic E-state index is 0.138. The van der Waals surface area contributed by atoms with Crippen LogP contribution in [0, 0.1) is 6.92 Å². The molecule has 4 rings (SSSR count). The van der Waals surface area contributed by atoms with Crippen LogP contribution in [0.5, 0.6) is 0 Å². The molecule has 0 unspecified atom stereocenters. The third-order valence-electron chi connectivity index (χ3n) is 4.68. The first-order chi connectivity index (χ1) is 14.1. The average molecular weight is 384 g/mol. The molecular formula is C23H20N4O2. The molecule has 2 aromatic heterocycles. The summed E-state index contributed by atoms with van der Waals surface area (Å²) in [5, 5.41) is 0. The Morgan fingerprint density at radius 3 is 2.59 bits per heavy atom. The van der Waals surface area contributed by atoms with Crippen LogP contribution in [-0.2, 0) is 17.9 Å². The van der Waals surface area contributed by atoms with Gasteiger partial charge in [-0.05, 0) is 36.8 Å². The third-order valence-corrected chi connectivity index (χ3v) is 4.68. The Balaban J connectivity index is 1.66. The Kier molecular flexibility index (Phi) is 5.16. The molecule has 6 heteroatoms. The molecule has 2 aromatic carbocycles. The Hall–Kier alpha value is -3.80. The maximum Gasteiger partial charge on any atom is 0.269 e. The van der Waals surface area contributed by atoms with E-state index in [4.69, 9.17) is 0 Å². The summed E-state index contributed by atoms with van der Waals surface area (Å²) in [5.74, 6) is -0.396. The summed E-state index contributed by atoms with van der Waals surface area (Å²) in [7, 11) is 0. The van der Waals surface area contributed by atoms with Crippen molar-refractivity contribution < 1.29 is 4.79 Å². The zero-order valence-electron chi connectivity index (χ0n) is 16.0. The molecule has 29 heavy (non-hydrogen) atoms. The van der Waals surface area contributed by atoms with Crippen LogP contribution in [0.1, 0.15) is 11.1 Å². The van der Waals surface area contributed by atoms with Crippen LogP contribution in [0.15, 0.2) is 88.9 Å². The van der Waals surface area contributed by atoms with Crippen molar-refractivity contribution in [2.45, 2.75) is 20.0 Å². The van der Waals surface area contributed by atoms with Gasteiger partial charge >= 0.3 is 0 Å². The first-order valence-corrected chi connectivity index (χ1v) is 9.33. The Bertz CT molecular complexity index is 1300. The molecule has 1 amide bonds. The van der Waals surface area contributed by atoms with E-state index in [0.29, 0.717) is 23.1 Å². The number of carbonyl (C=O) groups is 1. The first-order valence-electron chi connectivity index (χ1n) is 9.33. The van der Waals surface area contributed by atoms with Crippen LogP contribution in [0.3, 0.4) is 0 Å². The maximum atomic E-state index is 12.7. The molecule has 6 nitrogen and oxygen atoms in total. The van der Waals surface area contributed by atoms with Crippen LogP contribution in [0.25, 0.3) is 11.0 Å². The number of amides is 1. The number of rotatable bonds is 4.